The predicted octanol–water partition coefficient (Wildman–Crippen LogP) is 2.54. The van der Waals surface area contributed by atoms with Crippen LogP contribution in [0, 0.1) is 12.8 Å². The molecule has 1 heterocycles. The van der Waals surface area contributed by atoms with Gasteiger partial charge in [-0.1, -0.05) is 18.2 Å². The fourth-order valence-corrected chi connectivity index (χ4v) is 2.25. The minimum Gasteiger partial charge on any atom is -0.495 e. The summed E-state index contributed by atoms with van der Waals surface area (Å²) in [5, 5.41) is 0. The Labute approximate surface area is 102 Å². The zero-order chi connectivity index (χ0) is 12.4. The van der Waals surface area contributed by atoms with Crippen molar-refractivity contribution in [2.45, 2.75) is 13.3 Å². The van der Waals surface area contributed by atoms with Crippen LogP contribution in [0.15, 0.2) is 30.9 Å². The molecule has 1 amide bonds. The molecular weight excluding hydrogens is 214 g/mol. The molecule has 3 nitrogen and oxygen atoms in total. The van der Waals surface area contributed by atoms with E-state index >= 15 is 0 Å². The summed E-state index contributed by atoms with van der Waals surface area (Å²) in [4.78, 5) is 13.8. The minimum atomic E-state index is 0.141. The van der Waals surface area contributed by atoms with E-state index in [-0.39, 0.29) is 11.8 Å². The Morgan fingerprint density at radius 2 is 2.29 bits per heavy atom. The number of para-hydroxylation sites is 1. The van der Waals surface area contributed by atoms with E-state index in [9.17, 15) is 4.79 Å². The van der Waals surface area contributed by atoms with Crippen LogP contribution in [0.3, 0.4) is 0 Å². The number of nitrogens with zero attached hydrogens (tertiary/aromatic N) is 1. The molecule has 0 saturated carbocycles. The normalized spacial score (nSPS) is 19.5. The highest BCUT2D eigenvalue weighted by Gasteiger charge is 2.31. The number of hydrogen-bond donors (Lipinski definition) is 0. The molecule has 1 aliphatic rings. The SMILES string of the molecule is C=CC1CC(=O)N(c2c(C)cccc2OC)C1. The summed E-state index contributed by atoms with van der Waals surface area (Å²) < 4.78 is 5.34. The summed E-state index contributed by atoms with van der Waals surface area (Å²) in [5.41, 5.74) is 1.95. The molecule has 0 N–H and O–H groups in total. The molecule has 1 atom stereocenters. The number of carbonyl (C=O) groups is 1. The van der Waals surface area contributed by atoms with Gasteiger partial charge < -0.3 is 9.64 Å². The van der Waals surface area contributed by atoms with Crippen LogP contribution >= 0.6 is 0 Å². The van der Waals surface area contributed by atoms with E-state index in [4.69, 9.17) is 4.74 Å². The molecule has 1 unspecified atom stereocenters. The van der Waals surface area contributed by atoms with Crippen molar-refractivity contribution in [3.63, 3.8) is 0 Å². The number of amides is 1. The van der Waals surface area contributed by atoms with Crippen molar-refractivity contribution in [3.8, 4) is 5.75 Å². The van der Waals surface area contributed by atoms with Gasteiger partial charge in [0.15, 0.2) is 0 Å². The molecule has 2 rings (SSSR count). The van der Waals surface area contributed by atoms with E-state index in [0.29, 0.717) is 13.0 Å². The van der Waals surface area contributed by atoms with Crippen LogP contribution in [-0.4, -0.2) is 19.6 Å². The van der Waals surface area contributed by atoms with Crippen molar-refractivity contribution < 1.29 is 9.53 Å². The number of aryl methyl sites for hydroxylation is 1. The van der Waals surface area contributed by atoms with E-state index < -0.39 is 0 Å². The second kappa shape index (κ2) is 4.62. The summed E-state index contributed by atoms with van der Waals surface area (Å²) in [6, 6.07) is 5.81. The van der Waals surface area contributed by atoms with Gasteiger partial charge in [0, 0.05) is 18.9 Å². The molecule has 0 radical (unpaired) electrons. The number of ether oxygens (including phenoxy) is 1. The number of methoxy groups -OCH3 is 1. The lowest BCUT2D eigenvalue weighted by molar-refractivity contribution is -0.117. The van der Waals surface area contributed by atoms with Crippen molar-refractivity contribution in [2.75, 3.05) is 18.6 Å². The average molecular weight is 231 g/mol. The molecule has 3 heteroatoms. The average Bonchev–Trinajstić information content (AvgIpc) is 2.70. The van der Waals surface area contributed by atoms with Crippen molar-refractivity contribution in [2.24, 2.45) is 5.92 Å². The standard InChI is InChI=1S/C14H17NO2/c1-4-11-8-13(16)15(9-11)14-10(2)6-5-7-12(14)17-3/h4-7,11H,1,8-9H2,2-3H3. The van der Waals surface area contributed by atoms with Crippen LogP contribution < -0.4 is 9.64 Å². The van der Waals surface area contributed by atoms with E-state index in [1.165, 1.54) is 0 Å². The molecule has 1 aliphatic heterocycles. The van der Waals surface area contributed by atoms with Crippen molar-refractivity contribution >= 4 is 11.6 Å². The molecule has 17 heavy (non-hydrogen) atoms. The lowest BCUT2D eigenvalue weighted by Gasteiger charge is -2.21. The Balaban J connectivity index is 2.40. The molecule has 0 bridgehead atoms. The van der Waals surface area contributed by atoms with Gasteiger partial charge in [0.25, 0.3) is 0 Å². The first-order valence-electron chi connectivity index (χ1n) is 5.74. The van der Waals surface area contributed by atoms with Crippen LogP contribution in [0.5, 0.6) is 5.75 Å². The van der Waals surface area contributed by atoms with Gasteiger partial charge in [-0.2, -0.15) is 0 Å². The first kappa shape index (κ1) is 11.7. The first-order valence-corrected chi connectivity index (χ1v) is 5.74. The number of rotatable bonds is 3. The van der Waals surface area contributed by atoms with E-state index in [1.807, 2.05) is 31.2 Å². The number of anilines is 1. The predicted molar refractivity (Wildman–Crippen MR) is 68.4 cm³/mol. The van der Waals surface area contributed by atoms with E-state index in [2.05, 4.69) is 6.58 Å². The van der Waals surface area contributed by atoms with Gasteiger partial charge in [0.2, 0.25) is 5.91 Å². The van der Waals surface area contributed by atoms with Crippen LogP contribution in [0.25, 0.3) is 0 Å². The number of hydrogen-bond acceptors (Lipinski definition) is 2. The van der Waals surface area contributed by atoms with E-state index in [1.54, 1.807) is 12.0 Å². The van der Waals surface area contributed by atoms with E-state index in [0.717, 1.165) is 17.0 Å². The molecule has 1 aromatic rings. The molecule has 1 aromatic carbocycles. The van der Waals surface area contributed by atoms with Gasteiger partial charge >= 0.3 is 0 Å². The second-order valence-electron chi connectivity index (χ2n) is 4.33. The molecule has 90 valence electrons. The maximum atomic E-state index is 12.0. The summed E-state index contributed by atoms with van der Waals surface area (Å²) in [7, 11) is 1.63. The quantitative estimate of drug-likeness (QED) is 0.748. The highest BCUT2D eigenvalue weighted by molar-refractivity contribution is 5.98. The summed E-state index contributed by atoms with van der Waals surface area (Å²) in [6.07, 6.45) is 2.39. The molecule has 0 aromatic heterocycles. The first-order chi connectivity index (χ1) is 8.17. The van der Waals surface area contributed by atoms with Gasteiger partial charge in [0.05, 0.1) is 12.8 Å². The molecule has 0 aliphatic carbocycles. The highest BCUT2D eigenvalue weighted by Crippen LogP contribution is 2.35. The maximum absolute atomic E-state index is 12.0. The Kier molecular flexibility index (Phi) is 3.18. The van der Waals surface area contributed by atoms with Crippen LogP contribution in [0.1, 0.15) is 12.0 Å². The Morgan fingerprint density at radius 1 is 1.53 bits per heavy atom. The van der Waals surface area contributed by atoms with Gasteiger partial charge in [-0.15, -0.1) is 6.58 Å². The molecule has 1 fully saturated rings. The fourth-order valence-electron chi connectivity index (χ4n) is 2.25. The fraction of sp³-hybridized carbons (Fsp3) is 0.357. The summed E-state index contributed by atoms with van der Waals surface area (Å²) >= 11 is 0. The van der Waals surface area contributed by atoms with Crippen LogP contribution in [0.2, 0.25) is 0 Å². The van der Waals surface area contributed by atoms with Crippen molar-refractivity contribution in [3.05, 3.63) is 36.4 Å². The second-order valence-corrected chi connectivity index (χ2v) is 4.33. The Morgan fingerprint density at radius 3 is 2.88 bits per heavy atom. The largest absolute Gasteiger partial charge is 0.495 e. The molecular formula is C14H17NO2. The topological polar surface area (TPSA) is 29.5 Å². The van der Waals surface area contributed by atoms with Crippen molar-refractivity contribution in [1.82, 2.24) is 0 Å². The third-order valence-electron chi connectivity index (χ3n) is 3.18. The third-order valence-corrected chi connectivity index (χ3v) is 3.18. The lowest BCUT2D eigenvalue weighted by atomic mass is 10.1. The third kappa shape index (κ3) is 2.05. The molecule has 0 spiro atoms. The Hall–Kier alpha value is -1.77. The van der Waals surface area contributed by atoms with Gasteiger partial charge in [-0.25, -0.2) is 0 Å². The van der Waals surface area contributed by atoms with Crippen LogP contribution in [-0.2, 0) is 4.79 Å². The summed E-state index contributed by atoms with van der Waals surface area (Å²) in [5.74, 6) is 1.14. The lowest BCUT2D eigenvalue weighted by Crippen LogP contribution is -2.25. The highest BCUT2D eigenvalue weighted by atomic mass is 16.5. The van der Waals surface area contributed by atoms with Gasteiger partial charge in [-0.3, -0.25) is 4.79 Å². The molecule has 1 saturated heterocycles. The zero-order valence-corrected chi connectivity index (χ0v) is 10.3. The smallest absolute Gasteiger partial charge is 0.227 e. The Bertz CT molecular complexity index is 454. The monoisotopic (exact) mass is 231 g/mol. The van der Waals surface area contributed by atoms with Crippen LogP contribution in [0.4, 0.5) is 5.69 Å². The van der Waals surface area contributed by atoms with Gasteiger partial charge in [0.1, 0.15) is 5.75 Å². The zero-order valence-electron chi connectivity index (χ0n) is 10.3. The van der Waals surface area contributed by atoms with Gasteiger partial charge in [-0.05, 0) is 18.6 Å². The van der Waals surface area contributed by atoms with Crippen molar-refractivity contribution in [1.29, 1.82) is 0 Å². The minimum absolute atomic E-state index is 0.141. The maximum Gasteiger partial charge on any atom is 0.227 e. The number of carbonyl (C=O) groups excluding carboxylic acids is 1. The summed E-state index contributed by atoms with van der Waals surface area (Å²) in [6.45, 7) is 6.45. The number of benzene rings is 1.